The molecular weight excluding hydrogens is 904 g/mol. The molecule has 0 saturated heterocycles. The van der Waals surface area contributed by atoms with Crippen molar-refractivity contribution in [2.45, 2.75) is 70.1 Å². The number of allylic oxidation sites excluding steroid dienone is 1. The molecule has 2 saturated carbocycles. The van der Waals surface area contributed by atoms with Gasteiger partial charge in [-0.05, 0) is 107 Å². The molecule has 0 unspecified atom stereocenters. The molecule has 5 N–H and O–H groups in total. The molecule has 2 aromatic carbocycles. The number of amides is 1. The molecule has 1 amide bonds. The number of carboxylic acids is 1. The average molecular weight is 945 g/mol. The predicted octanol–water partition coefficient (Wildman–Crippen LogP) is 8.13. The van der Waals surface area contributed by atoms with Crippen LogP contribution in [0.15, 0.2) is 97.6 Å². The summed E-state index contributed by atoms with van der Waals surface area (Å²) in [5, 5.41) is 28.4. The predicted molar refractivity (Wildman–Crippen MR) is 246 cm³/mol. The number of hydrogen-bond acceptors (Lipinski definition) is 9. The monoisotopic (exact) mass is 943 g/mol. The molecule has 3 aliphatic carbocycles. The lowest BCUT2D eigenvalue weighted by atomic mass is 10.0. The van der Waals surface area contributed by atoms with Crippen molar-refractivity contribution in [3.8, 4) is 0 Å². The number of imidazole rings is 2. The summed E-state index contributed by atoms with van der Waals surface area (Å²) in [6.45, 7) is 1.29. The number of carboxylic acid groups (broad SMARTS) is 1. The number of fused-ring (bicyclic) bond motifs is 4. The quantitative estimate of drug-likeness (QED) is 0.0980. The van der Waals surface area contributed by atoms with E-state index in [0.717, 1.165) is 23.5 Å². The summed E-state index contributed by atoms with van der Waals surface area (Å²) in [6, 6.07) is 18.3. The summed E-state index contributed by atoms with van der Waals surface area (Å²) in [7, 11) is 0. The van der Waals surface area contributed by atoms with E-state index in [1.807, 2.05) is 0 Å². The highest BCUT2D eigenvalue weighted by Crippen LogP contribution is 2.42. The van der Waals surface area contributed by atoms with Gasteiger partial charge >= 0.3 is 5.97 Å². The average Bonchev–Trinajstić information content (AvgIpc) is 3.90. The minimum absolute atomic E-state index is 0.000685. The molecule has 0 radical (unpaired) electrons. The molecule has 9 aromatic rings. The third-order valence-electron chi connectivity index (χ3n) is 11.9. The highest BCUT2D eigenvalue weighted by molar-refractivity contribution is 6.31. The number of pyridine rings is 2. The fraction of sp³-hybridized carbons (Fsp3) is 0.234. The van der Waals surface area contributed by atoms with Crippen LogP contribution in [0.4, 0.5) is 8.78 Å². The fourth-order valence-electron chi connectivity index (χ4n) is 8.20. The number of nitrogens with one attached hydrogen (secondary N) is 2. The van der Waals surface area contributed by atoms with Gasteiger partial charge in [-0.15, -0.1) is 10.2 Å². The van der Waals surface area contributed by atoms with Gasteiger partial charge in [0.2, 0.25) is 0 Å². The molecule has 0 aliphatic heterocycles. The summed E-state index contributed by atoms with van der Waals surface area (Å²) in [5.74, 6) is -1.04. The number of H-pyrrole nitrogens is 1. The Morgan fingerprint density at radius 2 is 1.40 bits per heavy atom. The van der Waals surface area contributed by atoms with Gasteiger partial charge in [-0.25, -0.2) is 32.9 Å². The summed E-state index contributed by atoms with van der Waals surface area (Å²) in [5.41, 5.74) is 15.8. The molecule has 0 atom stereocenters. The Hall–Kier alpha value is -7.28. The number of benzene rings is 2. The lowest BCUT2D eigenvalue weighted by Crippen LogP contribution is -2.23. The molecule has 3 aliphatic rings. The van der Waals surface area contributed by atoms with Crippen molar-refractivity contribution >= 4 is 63.1 Å². The van der Waals surface area contributed by atoms with E-state index in [2.05, 4.69) is 89.4 Å². The van der Waals surface area contributed by atoms with Gasteiger partial charge in [-0.3, -0.25) is 4.79 Å². The lowest BCUT2D eigenvalue weighted by molar-refractivity contribution is 0.0690. The van der Waals surface area contributed by atoms with Crippen LogP contribution in [0.25, 0.3) is 28.0 Å². The van der Waals surface area contributed by atoms with Crippen LogP contribution in [0.3, 0.4) is 0 Å². The second-order valence-corrected chi connectivity index (χ2v) is 17.6. The number of carbonyl (C=O) groups excluding carboxylic acids is 1. The fourth-order valence-corrected chi connectivity index (χ4v) is 8.49. The SMILES string of the molecule is NCc1ncn2ccc(Cl)c(F)c12.O=C(NCc1ncn2ccc(Cl)c(F)c12)c1cn(Cc2cc3cc(C4CC4)ccc3[nH]2)nn1.O=C(O)c1cn(CC2=Cc3cc(C4CC4)ccc3C2)nn1. The highest BCUT2D eigenvalue weighted by atomic mass is 35.5. The minimum Gasteiger partial charge on any atom is -0.476 e. The Kier molecular flexibility index (Phi) is 11.8. The van der Waals surface area contributed by atoms with Crippen LogP contribution in [0.2, 0.25) is 10.0 Å². The molecule has 7 heterocycles. The lowest BCUT2D eigenvalue weighted by Gasteiger charge is -2.03. The maximum Gasteiger partial charge on any atom is 0.358 e. The molecule has 7 aromatic heterocycles. The number of hydrogen-bond donors (Lipinski definition) is 4. The summed E-state index contributed by atoms with van der Waals surface area (Å²) in [6.07, 6.45) is 17.6. The van der Waals surface area contributed by atoms with Gasteiger partial charge in [0.05, 0.1) is 66.1 Å². The van der Waals surface area contributed by atoms with Crippen molar-refractivity contribution in [1.29, 1.82) is 0 Å². The topological polar surface area (TPSA) is 204 Å². The Morgan fingerprint density at radius 1 is 0.791 bits per heavy atom. The van der Waals surface area contributed by atoms with Gasteiger partial charge < -0.3 is 29.9 Å². The van der Waals surface area contributed by atoms with E-state index < -0.39 is 23.5 Å². The van der Waals surface area contributed by atoms with E-state index in [1.54, 1.807) is 32.4 Å². The van der Waals surface area contributed by atoms with Crippen LogP contribution in [-0.4, -0.2) is 70.7 Å². The molecule has 0 spiro atoms. The number of aromatic nitrogens is 11. The third-order valence-corrected chi connectivity index (χ3v) is 12.5. The normalized spacial score (nSPS) is 14.1. The van der Waals surface area contributed by atoms with E-state index in [1.165, 1.54) is 94.3 Å². The first-order chi connectivity index (χ1) is 32.5. The van der Waals surface area contributed by atoms with Gasteiger partial charge in [0, 0.05) is 30.1 Å². The zero-order valence-corrected chi connectivity index (χ0v) is 37.1. The van der Waals surface area contributed by atoms with Crippen molar-refractivity contribution in [1.82, 2.24) is 59.1 Å². The summed E-state index contributed by atoms with van der Waals surface area (Å²) < 4.78 is 34.1. The van der Waals surface area contributed by atoms with E-state index in [4.69, 9.17) is 34.0 Å². The van der Waals surface area contributed by atoms with Crippen LogP contribution in [0, 0.1) is 11.6 Å². The number of halogens is 4. The zero-order chi connectivity index (χ0) is 46.3. The van der Waals surface area contributed by atoms with E-state index in [-0.39, 0.29) is 40.0 Å². The molecule has 2 fully saturated rings. The maximum atomic E-state index is 14.4. The maximum absolute atomic E-state index is 14.4. The minimum atomic E-state index is -1.04. The van der Waals surface area contributed by atoms with Gasteiger partial charge in [0.15, 0.2) is 23.0 Å². The number of carbonyl (C=O) groups is 2. The molecule has 16 nitrogen and oxygen atoms in total. The van der Waals surface area contributed by atoms with Crippen molar-refractivity contribution < 1.29 is 23.5 Å². The van der Waals surface area contributed by atoms with Crippen molar-refractivity contribution in [2.24, 2.45) is 5.73 Å². The second kappa shape index (κ2) is 18.2. The third kappa shape index (κ3) is 9.41. The van der Waals surface area contributed by atoms with Crippen LogP contribution < -0.4 is 11.1 Å². The number of rotatable bonds is 11. The molecule has 12 rings (SSSR count). The Balaban J connectivity index is 0.000000131. The van der Waals surface area contributed by atoms with Gasteiger partial charge in [-0.1, -0.05) is 64.0 Å². The number of nitrogens with two attached hydrogens (primary N) is 1. The van der Waals surface area contributed by atoms with Gasteiger partial charge in [0.1, 0.15) is 11.0 Å². The van der Waals surface area contributed by atoms with Crippen LogP contribution in [0.1, 0.15) is 97.8 Å². The van der Waals surface area contributed by atoms with Crippen molar-refractivity contribution in [3.05, 3.63) is 170 Å². The first-order valence-corrected chi connectivity index (χ1v) is 22.3. The standard InChI is InChI=1S/C23H19ClFN7O.C16H15N3O2.C8H7ClFN3/c24-17-5-6-31-12-27-19(22(31)21(17)25)9-26-23(33)20-11-32(30-29-20)10-16-8-15-7-14(13-1-2-13)3-4-18(15)28-16;20-16(21)15-9-19(18-17-15)8-10-5-12-3-4-13(11-1-2-11)7-14(12)6-10;9-5-1-2-13-4-12-6(3-11)8(13)7(5)10/h3-8,11-13,28H,1-2,9-10H2,(H,26,33);3-4,6-7,9,11H,1-2,5,8H2,(H,20,21);1-2,4H,3,11H2. The van der Waals surface area contributed by atoms with Crippen LogP contribution in [-0.2, 0) is 32.6 Å². The van der Waals surface area contributed by atoms with E-state index in [0.29, 0.717) is 35.9 Å². The molecule has 67 heavy (non-hydrogen) atoms. The highest BCUT2D eigenvalue weighted by Gasteiger charge is 2.26. The van der Waals surface area contributed by atoms with Crippen molar-refractivity contribution in [2.75, 3.05) is 0 Å². The zero-order valence-electron chi connectivity index (χ0n) is 35.6. The summed E-state index contributed by atoms with van der Waals surface area (Å²) >= 11 is 11.5. The van der Waals surface area contributed by atoms with Gasteiger partial charge in [0.25, 0.3) is 5.91 Å². The Labute approximate surface area is 390 Å². The number of aromatic carboxylic acids is 1. The van der Waals surface area contributed by atoms with Crippen LogP contribution in [0.5, 0.6) is 0 Å². The smallest absolute Gasteiger partial charge is 0.358 e. The molecule has 0 bridgehead atoms. The van der Waals surface area contributed by atoms with E-state index >= 15 is 0 Å². The Morgan fingerprint density at radius 3 is 2.06 bits per heavy atom. The van der Waals surface area contributed by atoms with Gasteiger partial charge in [-0.2, -0.15) is 0 Å². The molecule has 20 heteroatoms. The molecular formula is C47H41Cl2F2N13O3. The van der Waals surface area contributed by atoms with E-state index in [9.17, 15) is 18.4 Å². The number of nitrogens with zero attached hydrogens (tertiary/aromatic N) is 10. The van der Waals surface area contributed by atoms with Crippen molar-refractivity contribution in [3.63, 3.8) is 0 Å². The van der Waals surface area contributed by atoms with Crippen LogP contribution >= 0.6 is 23.2 Å². The Bertz CT molecular complexity index is 3380. The largest absolute Gasteiger partial charge is 0.476 e. The molecule has 340 valence electrons. The second-order valence-electron chi connectivity index (χ2n) is 16.8. The summed E-state index contributed by atoms with van der Waals surface area (Å²) in [4.78, 5) is 34.9. The first kappa shape index (κ1) is 43.6. The number of aromatic amines is 1. The first-order valence-electron chi connectivity index (χ1n) is 21.5.